The molecule has 1 saturated heterocycles. The Balaban J connectivity index is 1.30. The fourth-order valence-corrected chi connectivity index (χ4v) is 5.92. The average Bonchev–Trinajstić information content (AvgIpc) is 3.48. The van der Waals surface area contributed by atoms with Gasteiger partial charge in [-0.2, -0.15) is 0 Å². The van der Waals surface area contributed by atoms with Gasteiger partial charge in [0, 0.05) is 17.0 Å². The van der Waals surface area contributed by atoms with Gasteiger partial charge in [0.05, 0.1) is 40.2 Å². The number of halogens is 2. The number of nitrogens with zero attached hydrogens (tertiary/aromatic N) is 4. The van der Waals surface area contributed by atoms with E-state index in [4.69, 9.17) is 22.1 Å². The lowest BCUT2D eigenvalue weighted by atomic mass is 9.80. The second kappa shape index (κ2) is 7.61. The first kappa shape index (κ1) is 21.2. The third kappa shape index (κ3) is 3.25. The van der Waals surface area contributed by atoms with Crippen molar-refractivity contribution >= 4 is 55.3 Å². The first-order valence-corrected chi connectivity index (χ1v) is 11.8. The van der Waals surface area contributed by atoms with E-state index in [1.54, 1.807) is 0 Å². The highest BCUT2D eigenvalue weighted by Gasteiger charge is 2.57. The molecule has 33 heavy (non-hydrogen) atoms. The lowest BCUT2D eigenvalue weighted by Crippen LogP contribution is -2.37. The number of benzene rings is 1. The van der Waals surface area contributed by atoms with Crippen molar-refractivity contribution in [2.24, 2.45) is 5.41 Å². The van der Waals surface area contributed by atoms with Crippen LogP contribution < -0.4 is 5.73 Å². The van der Waals surface area contributed by atoms with Crippen LogP contribution in [0.25, 0.3) is 21.9 Å². The number of nitrogens with two attached hydrogens (primary N) is 1. The third-order valence-corrected chi connectivity index (χ3v) is 8.07. The van der Waals surface area contributed by atoms with E-state index in [1.807, 2.05) is 41.1 Å². The van der Waals surface area contributed by atoms with Crippen LogP contribution in [0.15, 0.2) is 47.3 Å². The van der Waals surface area contributed by atoms with Crippen LogP contribution in [0.5, 0.6) is 0 Å². The number of pyridine rings is 1. The summed E-state index contributed by atoms with van der Waals surface area (Å²) in [6.07, 6.45) is 2.31. The number of nitrogen functional groups attached to an aromatic ring is 1. The average molecular weight is 531 g/mol. The molecule has 0 unspecified atom stereocenters. The second-order valence-electron chi connectivity index (χ2n) is 9.01. The van der Waals surface area contributed by atoms with E-state index >= 15 is 0 Å². The number of anilines is 1. The zero-order valence-electron chi connectivity index (χ0n) is 17.4. The fraction of sp³-hybridized carbons (Fsp3) is 0.348. The standard InChI is InChI=1S/C23H21BrClN5O3/c24-14-5-11-1-2-12(6-15(11)29-21(14)26)17-8-23(9-33-17)7-16(18(31)19(23)32)30-4-3-13-20(25)27-10-28-22(13)30/h1-6,10,16-19,31-32H,7-9H2,(H2,26,29)/t16-,17-,18+,19+,23-/m1/s1. The Labute approximate surface area is 202 Å². The van der Waals surface area contributed by atoms with E-state index in [-0.39, 0.29) is 12.1 Å². The van der Waals surface area contributed by atoms with Crippen LogP contribution in [0.2, 0.25) is 5.15 Å². The largest absolute Gasteiger partial charge is 0.390 e. The van der Waals surface area contributed by atoms with Crippen LogP contribution in [0.3, 0.4) is 0 Å². The first-order chi connectivity index (χ1) is 15.9. The lowest BCUT2D eigenvalue weighted by Gasteiger charge is -2.26. The molecule has 3 aromatic heterocycles. The molecule has 8 nitrogen and oxygen atoms in total. The first-order valence-electron chi connectivity index (χ1n) is 10.7. The SMILES string of the molecule is Nc1nc2cc([C@H]3C[C@@]4(CO3)C[C@@H](n3ccc5c(Cl)ncnc53)[C@H](O)[C@@H]4O)ccc2cc1Br. The Bertz CT molecular complexity index is 1400. The topological polar surface area (TPSA) is 119 Å². The van der Waals surface area contributed by atoms with E-state index in [1.165, 1.54) is 6.33 Å². The summed E-state index contributed by atoms with van der Waals surface area (Å²) >= 11 is 9.61. The number of rotatable bonds is 2. The maximum Gasteiger partial charge on any atom is 0.145 e. The van der Waals surface area contributed by atoms with Crippen LogP contribution in [-0.4, -0.2) is 48.5 Å². The molecule has 1 aliphatic carbocycles. The zero-order chi connectivity index (χ0) is 22.9. The molecule has 2 fully saturated rings. The Morgan fingerprint density at radius 2 is 2.03 bits per heavy atom. The fourth-order valence-electron chi connectivity index (χ4n) is 5.39. The van der Waals surface area contributed by atoms with E-state index < -0.39 is 17.6 Å². The molecule has 4 aromatic rings. The maximum absolute atomic E-state index is 11.1. The van der Waals surface area contributed by atoms with E-state index in [0.717, 1.165) is 26.3 Å². The predicted molar refractivity (Wildman–Crippen MR) is 128 cm³/mol. The van der Waals surface area contributed by atoms with E-state index in [0.29, 0.717) is 36.1 Å². The number of ether oxygens (including phenoxy) is 1. The predicted octanol–water partition coefficient (Wildman–Crippen LogP) is 3.79. The molecule has 0 bridgehead atoms. The Morgan fingerprint density at radius 3 is 2.88 bits per heavy atom. The van der Waals surface area contributed by atoms with Gasteiger partial charge in [0.1, 0.15) is 29.0 Å². The number of aliphatic hydroxyl groups is 2. The summed E-state index contributed by atoms with van der Waals surface area (Å²) in [6, 6.07) is 9.42. The Morgan fingerprint density at radius 1 is 1.18 bits per heavy atom. The molecule has 0 radical (unpaired) electrons. The van der Waals surface area contributed by atoms with Crippen LogP contribution in [-0.2, 0) is 4.74 Å². The van der Waals surface area contributed by atoms with Crippen LogP contribution in [0.1, 0.15) is 30.6 Å². The summed E-state index contributed by atoms with van der Waals surface area (Å²) in [7, 11) is 0. The number of hydrogen-bond donors (Lipinski definition) is 3. The summed E-state index contributed by atoms with van der Waals surface area (Å²) in [6.45, 7) is 0.356. The quantitative estimate of drug-likeness (QED) is 0.337. The Kier molecular flexibility index (Phi) is 4.90. The number of fused-ring (bicyclic) bond motifs is 2. The minimum Gasteiger partial charge on any atom is -0.390 e. The lowest BCUT2D eigenvalue weighted by molar-refractivity contribution is -0.0309. The van der Waals surface area contributed by atoms with Gasteiger partial charge < -0.3 is 25.3 Å². The molecule has 4 N–H and O–H groups in total. The molecule has 1 aliphatic heterocycles. The van der Waals surface area contributed by atoms with Gasteiger partial charge in [-0.05, 0) is 52.5 Å². The van der Waals surface area contributed by atoms with Crippen molar-refractivity contribution in [3.63, 3.8) is 0 Å². The molecule has 0 amide bonds. The van der Waals surface area contributed by atoms with Gasteiger partial charge in [-0.15, -0.1) is 0 Å². The molecule has 6 rings (SSSR count). The maximum atomic E-state index is 11.1. The molecule has 4 heterocycles. The van der Waals surface area contributed by atoms with Gasteiger partial charge in [0.15, 0.2) is 0 Å². The molecule has 2 aliphatic rings. The van der Waals surface area contributed by atoms with Crippen molar-refractivity contribution in [1.82, 2.24) is 19.5 Å². The summed E-state index contributed by atoms with van der Waals surface area (Å²) in [5.41, 5.74) is 7.80. The molecule has 1 aromatic carbocycles. The number of hydrogen-bond acceptors (Lipinski definition) is 7. The highest BCUT2D eigenvalue weighted by Crippen LogP contribution is 2.55. The summed E-state index contributed by atoms with van der Waals surface area (Å²) < 4.78 is 8.82. The molecule has 5 atom stereocenters. The van der Waals surface area contributed by atoms with Crippen molar-refractivity contribution in [2.75, 3.05) is 12.3 Å². The van der Waals surface area contributed by atoms with Gasteiger partial charge in [0.2, 0.25) is 0 Å². The molecular weight excluding hydrogens is 510 g/mol. The second-order valence-corrected chi connectivity index (χ2v) is 10.2. The molecular formula is C23H21BrClN5O3. The van der Waals surface area contributed by atoms with Crippen LogP contribution >= 0.6 is 27.5 Å². The summed E-state index contributed by atoms with van der Waals surface area (Å²) in [5.74, 6) is 0.434. The highest BCUT2D eigenvalue weighted by atomic mass is 79.9. The van der Waals surface area contributed by atoms with Gasteiger partial charge in [0.25, 0.3) is 0 Å². The molecule has 1 spiro atoms. The van der Waals surface area contributed by atoms with Gasteiger partial charge >= 0.3 is 0 Å². The van der Waals surface area contributed by atoms with E-state index in [2.05, 4.69) is 30.9 Å². The van der Waals surface area contributed by atoms with Crippen LogP contribution in [0, 0.1) is 5.41 Å². The van der Waals surface area contributed by atoms with Gasteiger partial charge in [-0.3, -0.25) is 0 Å². The minimum absolute atomic E-state index is 0.208. The minimum atomic E-state index is -0.952. The van der Waals surface area contributed by atoms with Gasteiger partial charge in [-0.1, -0.05) is 23.7 Å². The van der Waals surface area contributed by atoms with Crippen LogP contribution in [0.4, 0.5) is 5.82 Å². The van der Waals surface area contributed by atoms with Gasteiger partial charge in [-0.25, -0.2) is 15.0 Å². The smallest absolute Gasteiger partial charge is 0.145 e. The summed E-state index contributed by atoms with van der Waals surface area (Å²) in [4.78, 5) is 12.8. The van der Waals surface area contributed by atoms with Crippen molar-refractivity contribution < 1.29 is 14.9 Å². The number of aromatic nitrogens is 4. The highest BCUT2D eigenvalue weighted by molar-refractivity contribution is 9.10. The van der Waals surface area contributed by atoms with Crippen molar-refractivity contribution in [2.45, 2.75) is 37.2 Å². The zero-order valence-corrected chi connectivity index (χ0v) is 19.7. The molecule has 1 saturated carbocycles. The van der Waals surface area contributed by atoms with E-state index in [9.17, 15) is 10.2 Å². The monoisotopic (exact) mass is 529 g/mol. The Hall–Kier alpha value is -2.30. The number of aliphatic hydroxyl groups excluding tert-OH is 2. The third-order valence-electron chi connectivity index (χ3n) is 7.14. The molecule has 170 valence electrons. The molecule has 10 heteroatoms. The normalized spacial score (nSPS) is 29.6. The van der Waals surface area contributed by atoms with Crippen molar-refractivity contribution in [3.05, 3.63) is 58.0 Å². The van der Waals surface area contributed by atoms with Crippen molar-refractivity contribution in [3.8, 4) is 0 Å². The summed E-state index contributed by atoms with van der Waals surface area (Å²) in [5, 5.41) is 24.2. The van der Waals surface area contributed by atoms with Crippen molar-refractivity contribution in [1.29, 1.82) is 0 Å².